The number of amides is 1. The molecule has 1 aromatic carbocycles. The highest BCUT2D eigenvalue weighted by Crippen LogP contribution is 2.25. The Balaban J connectivity index is 1.73. The third-order valence-corrected chi connectivity index (χ3v) is 4.18. The summed E-state index contributed by atoms with van der Waals surface area (Å²) in [6.07, 6.45) is 0. The number of thiophene rings is 1. The second-order valence-electron chi connectivity index (χ2n) is 4.56. The molecule has 0 aliphatic carbocycles. The average Bonchev–Trinajstić information content (AvgIpc) is 3.03. The zero-order chi connectivity index (χ0) is 16.2. The van der Waals surface area contributed by atoms with Crippen LogP contribution >= 0.6 is 11.3 Å². The van der Waals surface area contributed by atoms with Crippen molar-refractivity contribution in [1.29, 1.82) is 0 Å². The molecule has 0 fully saturated rings. The second-order valence-corrected chi connectivity index (χ2v) is 5.64. The highest BCUT2D eigenvalue weighted by Gasteiger charge is 2.12. The molecule has 7 nitrogen and oxygen atoms in total. The maximum absolute atomic E-state index is 12.3. The van der Waals surface area contributed by atoms with Gasteiger partial charge in [0.1, 0.15) is 0 Å². The normalized spacial score (nSPS) is 10.5. The number of hydrogen-bond acceptors (Lipinski definition) is 7. The molecular formula is C15H14N4O3S. The van der Waals surface area contributed by atoms with E-state index in [9.17, 15) is 4.79 Å². The lowest BCUT2D eigenvalue weighted by Gasteiger charge is -2.05. The summed E-state index contributed by atoms with van der Waals surface area (Å²) >= 11 is 1.44. The van der Waals surface area contributed by atoms with E-state index in [0.29, 0.717) is 10.7 Å². The minimum atomic E-state index is -0.176. The number of methoxy groups -OCH3 is 2. The van der Waals surface area contributed by atoms with Crippen molar-refractivity contribution in [1.82, 2.24) is 20.3 Å². The summed E-state index contributed by atoms with van der Waals surface area (Å²) in [6, 6.07) is 10.0. The molecule has 8 heteroatoms. The molecule has 0 atom stereocenters. The number of hydrogen-bond donors (Lipinski definition) is 1. The van der Waals surface area contributed by atoms with Gasteiger partial charge < -0.3 is 14.8 Å². The van der Waals surface area contributed by atoms with Gasteiger partial charge in [0, 0.05) is 4.70 Å². The van der Waals surface area contributed by atoms with Crippen LogP contribution in [-0.2, 0) is 6.54 Å². The van der Waals surface area contributed by atoms with E-state index < -0.39 is 0 Å². The monoisotopic (exact) mass is 330 g/mol. The van der Waals surface area contributed by atoms with Gasteiger partial charge in [-0.05, 0) is 17.5 Å². The first-order valence-corrected chi connectivity index (χ1v) is 7.61. The maximum atomic E-state index is 12.3. The van der Waals surface area contributed by atoms with Gasteiger partial charge in [-0.15, -0.1) is 16.3 Å². The van der Waals surface area contributed by atoms with E-state index in [0.717, 1.165) is 10.1 Å². The number of rotatable bonds is 5. The Hall–Kier alpha value is -2.74. The number of benzene rings is 1. The van der Waals surface area contributed by atoms with Gasteiger partial charge in [0.2, 0.25) is 0 Å². The zero-order valence-electron chi connectivity index (χ0n) is 12.6. The third-order valence-electron chi connectivity index (χ3n) is 3.06. The Kier molecular flexibility index (Phi) is 4.33. The fourth-order valence-corrected chi connectivity index (χ4v) is 2.96. The van der Waals surface area contributed by atoms with Crippen LogP contribution in [0.25, 0.3) is 10.1 Å². The summed E-state index contributed by atoms with van der Waals surface area (Å²) < 4.78 is 11.0. The summed E-state index contributed by atoms with van der Waals surface area (Å²) in [7, 11) is 2.91. The number of carbonyl (C=O) groups excluding carboxylic acids is 1. The molecule has 1 N–H and O–H groups in total. The van der Waals surface area contributed by atoms with Crippen LogP contribution < -0.4 is 14.8 Å². The highest BCUT2D eigenvalue weighted by molar-refractivity contribution is 7.20. The number of nitrogens with zero attached hydrogens (tertiary/aromatic N) is 3. The average molecular weight is 330 g/mol. The van der Waals surface area contributed by atoms with Crippen molar-refractivity contribution in [3.63, 3.8) is 0 Å². The Bertz CT molecular complexity index is 794. The number of carbonyl (C=O) groups is 1. The molecule has 0 bridgehead atoms. The van der Waals surface area contributed by atoms with Crippen LogP contribution in [0, 0.1) is 0 Å². The number of ether oxygens (including phenoxy) is 2. The topological polar surface area (TPSA) is 86.2 Å². The molecule has 0 spiro atoms. The molecule has 0 unspecified atom stereocenters. The van der Waals surface area contributed by atoms with E-state index in [1.165, 1.54) is 25.6 Å². The quantitative estimate of drug-likeness (QED) is 0.770. The lowest BCUT2D eigenvalue weighted by atomic mass is 10.2. The summed E-state index contributed by atoms with van der Waals surface area (Å²) in [4.78, 5) is 25.0. The van der Waals surface area contributed by atoms with Crippen LogP contribution in [0.1, 0.15) is 15.5 Å². The van der Waals surface area contributed by atoms with E-state index in [1.54, 1.807) is 0 Å². The van der Waals surface area contributed by atoms with Gasteiger partial charge in [-0.1, -0.05) is 18.2 Å². The minimum absolute atomic E-state index is 0.142. The van der Waals surface area contributed by atoms with Gasteiger partial charge in [0.05, 0.1) is 25.6 Å². The molecule has 0 radical (unpaired) electrons. The predicted octanol–water partition coefficient (Wildman–Crippen LogP) is 2.03. The molecular weight excluding hydrogens is 316 g/mol. The number of nitrogens with one attached hydrogen (secondary N) is 1. The van der Waals surface area contributed by atoms with Crippen molar-refractivity contribution in [2.45, 2.75) is 6.54 Å². The van der Waals surface area contributed by atoms with Crippen LogP contribution in [0.2, 0.25) is 0 Å². The minimum Gasteiger partial charge on any atom is -0.467 e. The van der Waals surface area contributed by atoms with Crippen LogP contribution in [-0.4, -0.2) is 35.1 Å². The molecule has 2 aromatic heterocycles. The molecule has 1 amide bonds. The Morgan fingerprint density at radius 3 is 2.48 bits per heavy atom. The van der Waals surface area contributed by atoms with Crippen molar-refractivity contribution >= 4 is 27.3 Å². The highest BCUT2D eigenvalue weighted by atomic mass is 32.1. The van der Waals surface area contributed by atoms with Gasteiger partial charge in [-0.2, -0.15) is 9.97 Å². The molecule has 0 aliphatic heterocycles. The van der Waals surface area contributed by atoms with Gasteiger partial charge in [-0.3, -0.25) is 4.79 Å². The Labute approximate surface area is 136 Å². The molecule has 0 saturated heterocycles. The van der Waals surface area contributed by atoms with Gasteiger partial charge >= 0.3 is 12.0 Å². The van der Waals surface area contributed by atoms with Crippen LogP contribution in [0.3, 0.4) is 0 Å². The Morgan fingerprint density at radius 1 is 1.13 bits per heavy atom. The maximum Gasteiger partial charge on any atom is 0.322 e. The molecule has 3 rings (SSSR count). The molecule has 118 valence electrons. The number of fused-ring (bicyclic) bond motifs is 1. The molecule has 0 aliphatic rings. The van der Waals surface area contributed by atoms with Crippen molar-refractivity contribution in [3.8, 4) is 12.0 Å². The van der Waals surface area contributed by atoms with E-state index in [-0.39, 0.29) is 24.5 Å². The lowest BCUT2D eigenvalue weighted by Crippen LogP contribution is -2.23. The van der Waals surface area contributed by atoms with Gasteiger partial charge in [0.25, 0.3) is 5.91 Å². The smallest absolute Gasteiger partial charge is 0.322 e. The lowest BCUT2D eigenvalue weighted by molar-refractivity contribution is 0.0953. The predicted molar refractivity (Wildman–Crippen MR) is 85.9 cm³/mol. The van der Waals surface area contributed by atoms with Gasteiger partial charge in [0.15, 0.2) is 5.82 Å². The molecule has 0 saturated carbocycles. The third kappa shape index (κ3) is 3.37. The second kappa shape index (κ2) is 6.57. The summed E-state index contributed by atoms with van der Waals surface area (Å²) in [5, 5.41) is 3.83. The van der Waals surface area contributed by atoms with Crippen molar-refractivity contribution in [3.05, 3.63) is 41.0 Å². The first-order valence-electron chi connectivity index (χ1n) is 6.79. The largest absolute Gasteiger partial charge is 0.467 e. The fourth-order valence-electron chi connectivity index (χ4n) is 1.98. The first-order chi connectivity index (χ1) is 11.2. The van der Waals surface area contributed by atoms with Crippen molar-refractivity contribution in [2.24, 2.45) is 0 Å². The zero-order valence-corrected chi connectivity index (χ0v) is 13.4. The van der Waals surface area contributed by atoms with E-state index in [2.05, 4.69) is 20.3 Å². The van der Waals surface area contributed by atoms with Crippen LogP contribution in [0.15, 0.2) is 30.3 Å². The Morgan fingerprint density at radius 2 is 1.83 bits per heavy atom. The standard InChI is InChI=1S/C15H14N4O3S/c1-21-14-17-12(18-15(19-14)22-2)8-16-13(20)11-7-9-5-3-4-6-10(9)23-11/h3-7H,8H2,1-2H3,(H,16,20). The first kappa shape index (κ1) is 15.2. The van der Waals surface area contributed by atoms with Crippen molar-refractivity contribution < 1.29 is 14.3 Å². The molecule has 3 aromatic rings. The van der Waals surface area contributed by atoms with E-state index in [1.807, 2.05) is 30.3 Å². The van der Waals surface area contributed by atoms with E-state index in [4.69, 9.17) is 9.47 Å². The number of aromatic nitrogens is 3. The van der Waals surface area contributed by atoms with Crippen molar-refractivity contribution in [2.75, 3.05) is 14.2 Å². The SMILES string of the molecule is COc1nc(CNC(=O)c2cc3ccccc3s2)nc(OC)n1. The summed E-state index contributed by atoms with van der Waals surface area (Å²) in [5.41, 5.74) is 0. The van der Waals surface area contributed by atoms with Crippen LogP contribution in [0.4, 0.5) is 0 Å². The fraction of sp³-hybridized carbons (Fsp3) is 0.200. The van der Waals surface area contributed by atoms with Crippen LogP contribution in [0.5, 0.6) is 12.0 Å². The molecule has 2 heterocycles. The summed E-state index contributed by atoms with van der Waals surface area (Å²) in [6.45, 7) is 0.155. The molecule has 23 heavy (non-hydrogen) atoms. The van der Waals surface area contributed by atoms with E-state index >= 15 is 0 Å². The van der Waals surface area contributed by atoms with Gasteiger partial charge in [-0.25, -0.2) is 0 Å². The summed E-state index contributed by atoms with van der Waals surface area (Å²) in [5.74, 6) is 0.188.